The van der Waals surface area contributed by atoms with Crippen molar-refractivity contribution in [3.8, 4) is 0 Å². The van der Waals surface area contributed by atoms with Crippen LogP contribution in [0.2, 0.25) is 0 Å². The van der Waals surface area contributed by atoms with Crippen molar-refractivity contribution in [3.05, 3.63) is 22.7 Å². The fourth-order valence-electron chi connectivity index (χ4n) is 3.03. The van der Waals surface area contributed by atoms with Gasteiger partial charge in [0.25, 0.3) is 0 Å². The summed E-state index contributed by atoms with van der Waals surface area (Å²) in [6, 6.07) is 2.38. The maximum absolute atomic E-state index is 6.13. The molecule has 2 aromatic rings. The molecule has 0 bridgehead atoms. The van der Waals surface area contributed by atoms with Gasteiger partial charge < -0.3 is 14.0 Å². The average Bonchev–Trinajstić information content (AvgIpc) is 2.93. The molecule has 1 saturated heterocycles. The van der Waals surface area contributed by atoms with Crippen LogP contribution in [0, 0.1) is 0 Å². The number of ether oxygens (including phenoxy) is 2. The topological polar surface area (TPSA) is 49.2 Å². The number of imidazole rings is 1. The zero-order chi connectivity index (χ0) is 16.4. The van der Waals surface area contributed by atoms with Crippen LogP contribution < -0.4 is 0 Å². The van der Waals surface area contributed by atoms with E-state index in [1.54, 1.807) is 0 Å². The van der Waals surface area contributed by atoms with Crippen LogP contribution in [0.4, 0.5) is 0 Å². The van der Waals surface area contributed by atoms with Gasteiger partial charge in [0.1, 0.15) is 22.0 Å². The first kappa shape index (κ1) is 16.9. The number of fused-ring (bicyclic) bond motifs is 1. The Balaban J connectivity index is 1.94. The van der Waals surface area contributed by atoms with E-state index in [-0.39, 0.29) is 12.4 Å². The van der Waals surface area contributed by atoms with Gasteiger partial charge in [-0.1, -0.05) is 6.92 Å². The second-order valence-corrected chi connectivity index (χ2v) is 6.98. The molecule has 126 valence electrons. The zero-order valence-corrected chi connectivity index (χ0v) is 15.5. The van der Waals surface area contributed by atoms with Crippen molar-refractivity contribution in [2.75, 3.05) is 6.61 Å². The number of hydrogen-bond acceptors (Lipinski definition) is 4. The first-order valence-corrected chi connectivity index (χ1v) is 9.20. The van der Waals surface area contributed by atoms with Gasteiger partial charge in [0.15, 0.2) is 6.29 Å². The Bertz CT molecular complexity index is 667. The monoisotopic (exact) mass is 381 g/mol. The van der Waals surface area contributed by atoms with Crippen molar-refractivity contribution in [1.29, 1.82) is 0 Å². The Hall–Kier alpha value is -0.980. The van der Waals surface area contributed by atoms with Gasteiger partial charge in [-0.05, 0) is 61.5 Å². The first-order valence-electron chi connectivity index (χ1n) is 8.40. The summed E-state index contributed by atoms with van der Waals surface area (Å²) in [5, 5.41) is 0. The minimum atomic E-state index is -0.117. The molecule has 0 N–H and O–H groups in total. The van der Waals surface area contributed by atoms with E-state index < -0.39 is 0 Å². The van der Waals surface area contributed by atoms with E-state index in [0.717, 1.165) is 53.8 Å². The summed E-state index contributed by atoms with van der Waals surface area (Å²) >= 11 is 3.46. The molecular formula is C17H24BrN3O2. The highest BCUT2D eigenvalue weighted by Gasteiger charge is 2.24. The molecule has 1 aliphatic rings. The molecule has 0 aromatic carbocycles. The summed E-state index contributed by atoms with van der Waals surface area (Å²) in [4.78, 5) is 9.08. The minimum Gasteiger partial charge on any atom is -0.353 e. The van der Waals surface area contributed by atoms with Gasteiger partial charge in [0.2, 0.25) is 0 Å². The van der Waals surface area contributed by atoms with Gasteiger partial charge >= 0.3 is 0 Å². The van der Waals surface area contributed by atoms with Crippen molar-refractivity contribution in [2.24, 2.45) is 0 Å². The Labute approximate surface area is 145 Å². The quantitative estimate of drug-likeness (QED) is 0.699. The molecule has 1 unspecified atom stereocenters. The summed E-state index contributed by atoms with van der Waals surface area (Å²) in [7, 11) is 0. The van der Waals surface area contributed by atoms with Crippen LogP contribution in [0.1, 0.15) is 64.4 Å². The summed E-state index contributed by atoms with van der Waals surface area (Å²) in [5.74, 6) is 0.948. The number of aromatic nitrogens is 3. The van der Waals surface area contributed by atoms with Crippen molar-refractivity contribution in [1.82, 2.24) is 14.5 Å². The van der Waals surface area contributed by atoms with Gasteiger partial charge in [0, 0.05) is 12.6 Å². The lowest BCUT2D eigenvalue weighted by atomic mass is 10.2. The van der Waals surface area contributed by atoms with Gasteiger partial charge in [-0.2, -0.15) is 0 Å². The van der Waals surface area contributed by atoms with E-state index in [9.17, 15) is 0 Å². The molecule has 0 saturated carbocycles. The molecule has 5 nitrogen and oxygen atoms in total. The highest BCUT2D eigenvalue weighted by atomic mass is 79.9. The third-order valence-electron chi connectivity index (χ3n) is 4.46. The normalized spacial score (nSPS) is 21.5. The Morgan fingerprint density at radius 2 is 2.26 bits per heavy atom. The average molecular weight is 382 g/mol. The smallest absolute Gasteiger partial charge is 0.158 e. The van der Waals surface area contributed by atoms with Gasteiger partial charge in [-0.3, -0.25) is 0 Å². The zero-order valence-electron chi connectivity index (χ0n) is 14.0. The summed E-state index contributed by atoms with van der Waals surface area (Å²) in [6.45, 7) is 7.24. The maximum Gasteiger partial charge on any atom is 0.158 e. The van der Waals surface area contributed by atoms with Gasteiger partial charge in [-0.15, -0.1) is 0 Å². The van der Waals surface area contributed by atoms with E-state index in [1.807, 2.05) is 12.3 Å². The van der Waals surface area contributed by atoms with E-state index in [1.165, 1.54) is 0 Å². The van der Waals surface area contributed by atoms with Crippen LogP contribution >= 0.6 is 15.9 Å². The van der Waals surface area contributed by atoms with E-state index in [0.29, 0.717) is 6.04 Å². The summed E-state index contributed by atoms with van der Waals surface area (Å²) in [6.07, 6.45) is 5.86. The van der Waals surface area contributed by atoms with Crippen LogP contribution in [0.15, 0.2) is 16.9 Å². The number of nitrogens with zero attached hydrogens (tertiary/aromatic N) is 3. The van der Waals surface area contributed by atoms with Crippen LogP contribution in [0.5, 0.6) is 0 Å². The van der Waals surface area contributed by atoms with Gasteiger partial charge in [-0.25, -0.2) is 9.97 Å². The fourth-order valence-corrected chi connectivity index (χ4v) is 3.35. The second-order valence-electron chi connectivity index (χ2n) is 6.17. The Kier molecular flexibility index (Phi) is 5.34. The molecule has 2 aromatic heterocycles. The van der Waals surface area contributed by atoms with E-state index in [4.69, 9.17) is 14.5 Å². The lowest BCUT2D eigenvalue weighted by Crippen LogP contribution is -2.25. The number of pyridine rings is 1. The molecule has 23 heavy (non-hydrogen) atoms. The highest BCUT2D eigenvalue weighted by Crippen LogP contribution is 2.30. The lowest BCUT2D eigenvalue weighted by molar-refractivity contribution is -0.188. The van der Waals surface area contributed by atoms with Crippen molar-refractivity contribution in [3.63, 3.8) is 0 Å². The molecule has 0 spiro atoms. The van der Waals surface area contributed by atoms with Crippen LogP contribution in [-0.2, 0) is 9.47 Å². The fraction of sp³-hybridized carbons (Fsp3) is 0.647. The number of hydrogen-bond donors (Lipinski definition) is 0. The molecule has 3 rings (SSSR count). The van der Waals surface area contributed by atoms with Crippen LogP contribution in [-0.4, -0.2) is 27.4 Å². The molecule has 6 heteroatoms. The molecule has 3 atom stereocenters. The lowest BCUT2D eigenvalue weighted by Gasteiger charge is -2.27. The van der Waals surface area contributed by atoms with Crippen LogP contribution in [0.3, 0.4) is 0 Å². The number of rotatable bonds is 5. The number of halogens is 1. The molecule has 1 fully saturated rings. The third-order valence-corrected chi connectivity index (χ3v) is 4.89. The molecule has 0 aliphatic carbocycles. The predicted molar refractivity (Wildman–Crippen MR) is 93.3 cm³/mol. The molecule has 1 aliphatic heterocycles. The summed E-state index contributed by atoms with van der Waals surface area (Å²) in [5.41, 5.74) is 2.00. The van der Waals surface area contributed by atoms with E-state index in [2.05, 4.69) is 46.3 Å². The first-order chi connectivity index (χ1) is 11.1. The summed E-state index contributed by atoms with van der Waals surface area (Å²) < 4.78 is 14.9. The van der Waals surface area contributed by atoms with Crippen molar-refractivity contribution >= 4 is 27.0 Å². The Morgan fingerprint density at radius 1 is 1.43 bits per heavy atom. The second kappa shape index (κ2) is 7.28. The largest absolute Gasteiger partial charge is 0.353 e. The molecule has 0 amide bonds. The highest BCUT2D eigenvalue weighted by molar-refractivity contribution is 9.10. The molecule has 3 heterocycles. The standard InChI is InChI=1S/C17H24BrN3O2/c1-4-11(2)21-14-9-15(18)19-10-13(14)20-17(21)12(3)23-16-7-5-6-8-22-16/h9-12,16H,4-8H2,1-3H3/t11?,12-,16+/m0/s1. The third kappa shape index (κ3) is 3.59. The van der Waals surface area contributed by atoms with Gasteiger partial charge in [0.05, 0.1) is 11.7 Å². The minimum absolute atomic E-state index is 0.113. The Morgan fingerprint density at radius 3 is 2.96 bits per heavy atom. The molecule has 0 radical (unpaired) electrons. The van der Waals surface area contributed by atoms with Crippen molar-refractivity contribution < 1.29 is 9.47 Å². The SMILES string of the molecule is CCC(C)n1c([C@H](C)O[C@@H]2CCCCO2)nc2cnc(Br)cc21. The molecular weight excluding hydrogens is 358 g/mol. The maximum atomic E-state index is 6.13. The van der Waals surface area contributed by atoms with Crippen LogP contribution in [0.25, 0.3) is 11.0 Å². The van der Waals surface area contributed by atoms with E-state index >= 15 is 0 Å². The predicted octanol–water partition coefficient (Wildman–Crippen LogP) is 4.77. The van der Waals surface area contributed by atoms with Crippen molar-refractivity contribution in [2.45, 2.75) is 64.9 Å².